The number of aliphatic hydroxyl groups excluding tert-OH is 8. The third kappa shape index (κ3) is 7.09. The van der Waals surface area contributed by atoms with Gasteiger partial charge in [-0.25, -0.2) is 0 Å². The molecule has 3 fully saturated rings. The molecule has 0 saturated carbocycles. The van der Waals surface area contributed by atoms with E-state index in [1.165, 1.54) is 13.0 Å². The molecule has 4 heterocycles. The molecular weight excluding hydrogens is 704 g/mol. The standard InChI is InChI=1S/C32H38O20/c1-9-19(38)24(43)29(52-30-25(44)20(39)15(37)7-46-30)32(48-9)47-8-17-21(40)23(42)26(45)31(50-17)51-28-22(41)18-14(36)5-11(33)6-16(18)49-27(28)10-2-3-12(34)13(35)4-10/h2-6,9,15,17,19-21,23-26,29-40,42-45H,7-8H2,1H3/t9-,15+,17+,19-,20-,21-,23-,24+,25+,26+,29+,30-,31-,32+/m0/s1. The molecule has 286 valence electrons. The number of ether oxygens (including phenoxy) is 6. The number of benzene rings is 2. The summed E-state index contributed by atoms with van der Waals surface area (Å²) in [4.78, 5) is 13.8. The van der Waals surface area contributed by atoms with Gasteiger partial charge in [-0.1, -0.05) is 0 Å². The molecule has 20 nitrogen and oxygen atoms in total. The fourth-order valence-electron chi connectivity index (χ4n) is 6.02. The molecule has 0 aliphatic carbocycles. The zero-order chi connectivity index (χ0) is 37.8. The minimum absolute atomic E-state index is 0.0673. The molecule has 0 spiro atoms. The summed E-state index contributed by atoms with van der Waals surface area (Å²) in [5.41, 5.74) is -1.46. The van der Waals surface area contributed by atoms with Crippen LogP contribution in [0.5, 0.6) is 28.7 Å². The molecule has 0 unspecified atom stereocenters. The highest BCUT2D eigenvalue weighted by Gasteiger charge is 2.50. The van der Waals surface area contributed by atoms with Crippen LogP contribution in [-0.2, 0) is 23.7 Å². The van der Waals surface area contributed by atoms with E-state index in [9.17, 15) is 66.1 Å². The molecular formula is C32H38O20. The molecule has 2 aromatic carbocycles. The van der Waals surface area contributed by atoms with Crippen molar-refractivity contribution in [3.05, 3.63) is 40.6 Å². The van der Waals surface area contributed by atoms with Crippen LogP contribution in [0.4, 0.5) is 0 Å². The van der Waals surface area contributed by atoms with E-state index in [0.717, 1.165) is 24.3 Å². The second-order valence-corrected chi connectivity index (χ2v) is 12.6. The molecule has 6 rings (SSSR count). The molecule has 14 atom stereocenters. The third-order valence-corrected chi connectivity index (χ3v) is 9.01. The van der Waals surface area contributed by atoms with Crippen molar-refractivity contribution in [1.82, 2.24) is 0 Å². The highest BCUT2D eigenvalue weighted by atomic mass is 16.8. The van der Waals surface area contributed by atoms with E-state index in [1.807, 2.05) is 0 Å². The Morgan fingerprint density at radius 3 is 2.15 bits per heavy atom. The van der Waals surface area contributed by atoms with Gasteiger partial charge in [0.2, 0.25) is 17.5 Å². The first kappa shape index (κ1) is 37.9. The first-order chi connectivity index (χ1) is 24.6. The van der Waals surface area contributed by atoms with Crippen molar-refractivity contribution in [3.63, 3.8) is 0 Å². The Balaban J connectivity index is 1.27. The minimum Gasteiger partial charge on any atom is -0.508 e. The molecule has 12 N–H and O–H groups in total. The van der Waals surface area contributed by atoms with Crippen molar-refractivity contribution < 1.29 is 94.1 Å². The number of aromatic hydroxyl groups is 4. The van der Waals surface area contributed by atoms with Crippen molar-refractivity contribution in [2.75, 3.05) is 13.2 Å². The van der Waals surface area contributed by atoms with E-state index in [-0.39, 0.29) is 11.1 Å². The summed E-state index contributed by atoms with van der Waals surface area (Å²) in [6, 6.07) is 5.14. The van der Waals surface area contributed by atoms with Crippen molar-refractivity contribution in [2.24, 2.45) is 0 Å². The Morgan fingerprint density at radius 1 is 0.731 bits per heavy atom. The monoisotopic (exact) mass is 742 g/mol. The fraction of sp³-hybridized carbons (Fsp3) is 0.531. The first-order valence-electron chi connectivity index (χ1n) is 15.9. The van der Waals surface area contributed by atoms with E-state index >= 15 is 0 Å². The van der Waals surface area contributed by atoms with Crippen LogP contribution in [-0.4, -0.2) is 161 Å². The molecule has 3 aromatic rings. The zero-order valence-electron chi connectivity index (χ0n) is 27.0. The van der Waals surface area contributed by atoms with E-state index in [0.29, 0.717) is 0 Å². The van der Waals surface area contributed by atoms with Gasteiger partial charge in [0, 0.05) is 17.7 Å². The van der Waals surface area contributed by atoms with Crippen LogP contribution < -0.4 is 10.2 Å². The summed E-state index contributed by atoms with van der Waals surface area (Å²) in [5, 5.41) is 124. The predicted octanol–water partition coefficient (Wildman–Crippen LogP) is -3.22. The average molecular weight is 743 g/mol. The van der Waals surface area contributed by atoms with Gasteiger partial charge in [-0.05, 0) is 25.1 Å². The number of rotatable bonds is 8. The lowest BCUT2D eigenvalue weighted by atomic mass is 9.98. The second kappa shape index (κ2) is 14.9. The van der Waals surface area contributed by atoms with Gasteiger partial charge in [0.05, 0.1) is 19.3 Å². The van der Waals surface area contributed by atoms with Crippen LogP contribution in [0, 0.1) is 0 Å². The van der Waals surface area contributed by atoms with Gasteiger partial charge in [0.1, 0.15) is 83.5 Å². The van der Waals surface area contributed by atoms with Crippen LogP contribution in [0.1, 0.15) is 6.92 Å². The third-order valence-electron chi connectivity index (χ3n) is 9.01. The van der Waals surface area contributed by atoms with Gasteiger partial charge in [-0.3, -0.25) is 4.79 Å². The first-order valence-corrected chi connectivity index (χ1v) is 15.9. The molecule has 20 heteroatoms. The average Bonchev–Trinajstić information content (AvgIpc) is 3.10. The number of hydrogen-bond acceptors (Lipinski definition) is 20. The zero-order valence-corrected chi connectivity index (χ0v) is 27.0. The molecule has 0 radical (unpaired) electrons. The molecule has 3 aliphatic heterocycles. The molecule has 3 aliphatic rings. The van der Waals surface area contributed by atoms with Crippen molar-refractivity contribution in [3.8, 4) is 40.1 Å². The SMILES string of the molecule is C[C@@H]1O[C@@H](OC[C@H]2O[C@@H](Oc3c(-c4ccc(O)c(O)c4)oc4cc(O)cc(O)c4c3=O)[C@H](O)[C@@H](O)[C@H]2O)[C@H](O[C@@H]2OC[C@@H](O)[C@H](O)[C@H]2O)[C@H](O)[C@H]1O. The van der Waals surface area contributed by atoms with Crippen LogP contribution >= 0.6 is 0 Å². The minimum atomic E-state index is -2.04. The number of aliphatic hydroxyl groups is 8. The Bertz CT molecular complexity index is 1800. The van der Waals surface area contributed by atoms with Gasteiger partial charge in [0.15, 0.2) is 29.8 Å². The van der Waals surface area contributed by atoms with Gasteiger partial charge >= 0.3 is 0 Å². The lowest BCUT2D eigenvalue weighted by Gasteiger charge is -2.45. The number of fused-ring (bicyclic) bond motifs is 1. The van der Waals surface area contributed by atoms with Crippen LogP contribution in [0.25, 0.3) is 22.3 Å². The molecule has 1 aromatic heterocycles. The Morgan fingerprint density at radius 2 is 1.44 bits per heavy atom. The maximum Gasteiger partial charge on any atom is 0.239 e. The van der Waals surface area contributed by atoms with Crippen LogP contribution in [0.3, 0.4) is 0 Å². The number of phenolic OH excluding ortho intramolecular Hbond substituents is 4. The summed E-state index contributed by atoms with van der Waals surface area (Å²) in [6.45, 7) is 0.238. The van der Waals surface area contributed by atoms with Crippen molar-refractivity contribution in [1.29, 1.82) is 0 Å². The molecule has 3 saturated heterocycles. The van der Waals surface area contributed by atoms with Crippen molar-refractivity contribution >= 4 is 11.0 Å². The lowest BCUT2D eigenvalue weighted by molar-refractivity contribution is -0.359. The van der Waals surface area contributed by atoms with Crippen molar-refractivity contribution in [2.45, 2.75) is 92.9 Å². The quantitative estimate of drug-likeness (QED) is 0.101. The van der Waals surface area contributed by atoms with Gasteiger partial charge in [-0.15, -0.1) is 0 Å². The summed E-state index contributed by atoms with van der Waals surface area (Å²) < 4.78 is 39.5. The Kier molecular flexibility index (Phi) is 10.8. The number of phenols is 4. The maximum absolute atomic E-state index is 13.8. The van der Waals surface area contributed by atoms with Gasteiger partial charge < -0.3 is 94.1 Å². The lowest BCUT2D eigenvalue weighted by Crippen LogP contribution is -2.63. The van der Waals surface area contributed by atoms with E-state index in [4.69, 9.17) is 32.8 Å². The van der Waals surface area contributed by atoms with E-state index in [2.05, 4.69) is 0 Å². The van der Waals surface area contributed by atoms with E-state index < -0.39 is 145 Å². The fourth-order valence-corrected chi connectivity index (χ4v) is 6.02. The Labute approximate surface area is 292 Å². The predicted molar refractivity (Wildman–Crippen MR) is 167 cm³/mol. The highest BCUT2D eigenvalue weighted by Crippen LogP contribution is 2.39. The molecule has 0 amide bonds. The normalized spacial score (nSPS) is 36.9. The Hall–Kier alpha value is -3.87. The maximum atomic E-state index is 13.8. The highest BCUT2D eigenvalue weighted by molar-refractivity contribution is 5.88. The summed E-state index contributed by atoms with van der Waals surface area (Å²) >= 11 is 0. The number of hydrogen-bond donors (Lipinski definition) is 12. The topological polar surface area (TPSA) is 328 Å². The van der Waals surface area contributed by atoms with Gasteiger partial charge in [-0.2, -0.15) is 0 Å². The molecule has 0 bridgehead atoms. The summed E-state index contributed by atoms with van der Waals surface area (Å²) in [7, 11) is 0. The second-order valence-electron chi connectivity index (χ2n) is 12.6. The van der Waals surface area contributed by atoms with Crippen LogP contribution in [0.15, 0.2) is 39.5 Å². The van der Waals surface area contributed by atoms with Gasteiger partial charge in [0.25, 0.3) is 0 Å². The van der Waals surface area contributed by atoms with Crippen LogP contribution in [0.2, 0.25) is 0 Å². The smallest absolute Gasteiger partial charge is 0.239 e. The molecule has 52 heavy (non-hydrogen) atoms. The summed E-state index contributed by atoms with van der Waals surface area (Å²) in [5.74, 6) is -3.53. The largest absolute Gasteiger partial charge is 0.508 e. The summed E-state index contributed by atoms with van der Waals surface area (Å²) in [6.07, 6.45) is -23.5. The van der Waals surface area contributed by atoms with E-state index in [1.54, 1.807) is 0 Å².